The van der Waals surface area contributed by atoms with Gasteiger partial charge in [0.05, 0.1) is 29.8 Å². The molecule has 30 heavy (non-hydrogen) atoms. The molecule has 1 aliphatic rings. The SMILES string of the molecule is O=C1CC(C(=O)Nc2ccccc2-n2ncc3c(=O)[nH]cnc32)c2ccccc2N1. The zero-order valence-electron chi connectivity index (χ0n) is 15.6. The van der Waals surface area contributed by atoms with Crippen molar-refractivity contribution in [3.8, 4) is 5.69 Å². The van der Waals surface area contributed by atoms with E-state index in [1.54, 1.807) is 30.3 Å². The maximum Gasteiger partial charge on any atom is 0.261 e. The third-order valence-corrected chi connectivity index (χ3v) is 5.08. The standard InChI is InChI=1S/C21H16N6O3/c28-18-9-13(12-5-1-2-6-15(12)25-18)21(30)26-16-7-3-4-8-17(16)27-19-14(10-24-27)20(29)23-11-22-19/h1-8,10-11,13H,9H2,(H,25,28)(H,26,30)(H,22,23,29). The fourth-order valence-electron chi connectivity index (χ4n) is 3.66. The molecular formula is C21H16N6O3. The Morgan fingerprint density at radius 1 is 1.10 bits per heavy atom. The number of aromatic nitrogens is 4. The third kappa shape index (κ3) is 2.93. The fourth-order valence-corrected chi connectivity index (χ4v) is 3.66. The normalized spacial score (nSPS) is 15.5. The van der Waals surface area contributed by atoms with Crippen molar-refractivity contribution in [1.29, 1.82) is 0 Å². The van der Waals surface area contributed by atoms with Crippen LogP contribution in [0.15, 0.2) is 65.8 Å². The molecule has 3 N–H and O–H groups in total. The topological polar surface area (TPSA) is 122 Å². The summed E-state index contributed by atoms with van der Waals surface area (Å²) in [5.41, 5.74) is 2.56. The van der Waals surface area contributed by atoms with Crippen molar-refractivity contribution in [2.75, 3.05) is 10.6 Å². The van der Waals surface area contributed by atoms with Gasteiger partial charge in [-0.25, -0.2) is 9.67 Å². The average molecular weight is 400 g/mol. The van der Waals surface area contributed by atoms with Crippen molar-refractivity contribution in [3.05, 3.63) is 77.0 Å². The van der Waals surface area contributed by atoms with E-state index in [9.17, 15) is 14.4 Å². The molecule has 0 saturated heterocycles. The summed E-state index contributed by atoms with van der Waals surface area (Å²) >= 11 is 0. The molecule has 0 aliphatic carbocycles. The van der Waals surface area contributed by atoms with Crippen molar-refractivity contribution < 1.29 is 9.59 Å². The third-order valence-electron chi connectivity index (χ3n) is 5.08. The summed E-state index contributed by atoms with van der Waals surface area (Å²) in [6.45, 7) is 0. The lowest BCUT2D eigenvalue weighted by Crippen LogP contribution is -2.31. The molecule has 0 bridgehead atoms. The fraction of sp³-hybridized carbons (Fsp3) is 0.0952. The van der Waals surface area contributed by atoms with E-state index in [2.05, 4.69) is 25.7 Å². The molecule has 1 aliphatic heterocycles. The molecule has 1 unspecified atom stereocenters. The molecule has 2 aromatic heterocycles. The first-order valence-corrected chi connectivity index (χ1v) is 9.32. The molecule has 0 fully saturated rings. The molecule has 1 atom stereocenters. The number of carbonyl (C=O) groups excluding carboxylic acids is 2. The number of carbonyl (C=O) groups is 2. The van der Waals surface area contributed by atoms with Crippen molar-refractivity contribution >= 4 is 34.2 Å². The summed E-state index contributed by atoms with van der Waals surface area (Å²) < 4.78 is 1.50. The van der Waals surface area contributed by atoms with Gasteiger partial charge in [0.25, 0.3) is 5.56 Å². The van der Waals surface area contributed by atoms with Gasteiger partial charge >= 0.3 is 0 Å². The number of H-pyrrole nitrogens is 1. The average Bonchev–Trinajstić information content (AvgIpc) is 3.19. The largest absolute Gasteiger partial charge is 0.326 e. The smallest absolute Gasteiger partial charge is 0.261 e. The summed E-state index contributed by atoms with van der Waals surface area (Å²) in [6, 6.07) is 14.4. The molecule has 148 valence electrons. The molecule has 5 rings (SSSR count). The first-order valence-electron chi connectivity index (χ1n) is 9.32. The summed E-state index contributed by atoms with van der Waals surface area (Å²) in [5, 5.41) is 10.3. The quantitative estimate of drug-likeness (QED) is 0.487. The minimum Gasteiger partial charge on any atom is -0.326 e. The molecule has 4 aromatic rings. The van der Waals surface area contributed by atoms with Crippen LogP contribution in [0.5, 0.6) is 0 Å². The molecule has 0 radical (unpaired) electrons. The Balaban J connectivity index is 1.53. The lowest BCUT2D eigenvalue weighted by atomic mass is 9.89. The molecule has 3 heterocycles. The first-order chi connectivity index (χ1) is 14.6. The summed E-state index contributed by atoms with van der Waals surface area (Å²) in [5.74, 6) is -1.12. The predicted molar refractivity (Wildman–Crippen MR) is 111 cm³/mol. The summed E-state index contributed by atoms with van der Waals surface area (Å²) in [4.78, 5) is 43.9. The van der Waals surface area contributed by atoms with Crippen LogP contribution in [0.25, 0.3) is 16.7 Å². The van der Waals surface area contributed by atoms with Crippen molar-refractivity contribution in [2.45, 2.75) is 12.3 Å². The van der Waals surface area contributed by atoms with Gasteiger partial charge in [-0.2, -0.15) is 5.10 Å². The van der Waals surface area contributed by atoms with Gasteiger partial charge in [-0.15, -0.1) is 0 Å². The molecular weight excluding hydrogens is 384 g/mol. The maximum absolute atomic E-state index is 13.1. The van der Waals surface area contributed by atoms with Crippen molar-refractivity contribution in [1.82, 2.24) is 19.7 Å². The number of hydrogen-bond acceptors (Lipinski definition) is 5. The van der Waals surface area contributed by atoms with Crippen molar-refractivity contribution in [3.63, 3.8) is 0 Å². The first kappa shape index (κ1) is 17.8. The number of nitrogens with zero attached hydrogens (tertiary/aromatic N) is 3. The Morgan fingerprint density at radius 3 is 2.80 bits per heavy atom. The second-order valence-corrected chi connectivity index (χ2v) is 6.92. The lowest BCUT2D eigenvalue weighted by Gasteiger charge is -2.25. The maximum atomic E-state index is 13.1. The Hall–Kier alpha value is -4.27. The Morgan fingerprint density at radius 2 is 1.90 bits per heavy atom. The van der Waals surface area contributed by atoms with E-state index in [-0.39, 0.29) is 23.8 Å². The summed E-state index contributed by atoms with van der Waals surface area (Å²) in [7, 11) is 0. The van der Waals surface area contributed by atoms with E-state index in [1.807, 2.05) is 18.2 Å². The highest BCUT2D eigenvalue weighted by Crippen LogP contribution is 2.33. The highest BCUT2D eigenvalue weighted by molar-refractivity contribution is 6.05. The van der Waals surface area contributed by atoms with Crippen LogP contribution < -0.4 is 16.2 Å². The number of nitrogens with one attached hydrogen (secondary N) is 3. The van der Waals surface area contributed by atoms with Gasteiger partial charge in [-0.3, -0.25) is 14.4 Å². The van der Waals surface area contributed by atoms with Crippen molar-refractivity contribution in [2.24, 2.45) is 0 Å². The molecule has 0 saturated carbocycles. The van der Waals surface area contributed by atoms with Gasteiger partial charge < -0.3 is 15.6 Å². The lowest BCUT2D eigenvalue weighted by molar-refractivity contribution is -0.123. The number of rotatable bonds is 3. The molecule has 9 heteroatoms. The molecule has 2 aromatic carbocycles. The van der Waals surface area contributed by atoms with Gasteiger partial charge in [-0.05, 0) is 23.8 Å². The monoisotopic (exact) mass is 400 g/mol. The number of aromatic amines is 1. The van der Waals surface area contributed by atoms with Gasteiger partial charge in [0.2, 0.25) is 11.8 Å². The van der Waals surface area contributed by atoms with E-state index in [0.717, 1.165) is 5.56 Å². The highest BCUT2D eigenvalue weighted by atomic mass is 16.2. The number of para-hydroxylation sites is 3. The van der Waals surface area contributed by atoms with Gasteiger partial charge in [0.15, 0.2) is 5.65 Å². The van der Waals surface area contributed by atoms with Crippen LogP contribution in [0.3, 0.4) is 0 Å². The Bertz CT molecular complexity index is 1360. The van der Waals surface area contributed by atoms with Crippen LogP contribution in [-0.2, 0) is 9.59 Å². The zero-order chi connectivity index (χ0) is 20.7. The predicted octanol–water partition coefficient (Wildman–Crippen LogP) is 2.17. The number of fused-ring (bicyclic) bond motifs is 2. The van der Waals surface area contributed by atoms with Crippen LogP contribution in [0, 0.1) is 0 Å². The van der Waals surface area contributed by atoms with Crippen LogP contribution in [0.2, 0.25) is 0 Å². The molecule has 9 nitrogen and oxygen atoms in total. The van der Waals surface area contributed by atoms with Crippen LogP contribution in [0.4, 0.5) is 11.4 Å². The highest BCUT2D eigenvalue weighted by Gasteiger charge is 2.31. The molecule has 0 spiro atoms. The minimum absolute atomic E-state index is 0.0621. The van der Waals surface area contributed by atoms with E-state index >= 15 is 0 Å². The number of hydrogen-bond donors (Lipinski definition) is 3. The second-order valence-electron chi connectivity index (χ2n) is 6.92. The van der Waals surface area contributed by atoms with E-state index in [0.29, 0.717) is 28.1 Å². The molecule has 2 amide bonds. The van der Waals surface area contributed by atoms with Gasteiger partial charge in [0.1, 0.15) is 5.39 Å². The summed E-state index contributed by atoms with van der Waals surface area (Å²) in [6.07, 6.45) is 2.80. The van der Waals surface area contributed by atoms with E-state index in [4.69, 9.17) is 0 Å². The Kier molecular flexibility index (Phi) is 4.13. The van der Waals surface area contributed by atoms with E-state index < -0.39 is 5.92 Å². The van der Waals surface area contributed by atoms with Gasteiger partial charge in [-0.1, -0.05) is 30.3 Å². The van der Waals surface area contributed by atoms with E-state index in [1.165, 1.54) is 17.2 Å². The van der Waals surface area contributed by atoms with Crippen LogP contribution >= 0.6 is 0 Å². The Labute approximate surface area is 169 Å². The van der Waals surface area contributed by atoms with Crippen LogP contribution in [-0.4, -0.2) is 31.6 Å². The van der Waals surface area contributed by atoms with Gasteiger partial charge in [0, 0.05) is 12.1 Å². The second kappa shape index (κ2) is 6.96. The number of benzene rings is 2. The zero-order valence-corrected chi connectivity index (χ0v) is 15.6. The minimum atomic E-state index is -0.613. The number of anilines is 2. The number of amides is 2. The van der Waals surface area contributed by atoms with Crippen LogP contribution in [0.1, 0.15) is 17.9 Å².